The second-order valence-corrected chi connectivity index (χ2v) is 7.46. The average molecular weight is 281 g/mol. The summed E-state index contributed by atoms with van der Waals surface area (Å²) in [5.74, 6) is 0.886. The highest BCUT2D eigenvalue weighted by Crippen LogP contribution is 2.34. The number of rotatable bonds is 7. The zero-order valence-electron chi connectivity index (χ0n) is 11.7. The minimum absolute atomic E-state index is 0.166. The molecule has 0 bridgehead atoms. The molecule has 0 heterocycles. The molecular formula is C15H23NO2S. The summed E-state index contributed by atoms with van der Waals surface area (Å²) in [7, 11) is -3.12. The Bertz CT molecular complexity index is 521. The highest BCUT2D eigenvalue weighted by molar-refractivity contribution is 7.91. The first kappa shape index (κ1) is 14.5. The van der Waals surface area contributed by atoms with Gasteiger partial charge in [0.25, 0.3) is 0 Å². The zero-order chi connectivity index (χ0) is 13.9. The summed E-state index contributed by atoms with van der Waals surface area (Å²) < 4.78 is 24.3. The minimum Gasteiger partial charge on any atom is -0.314 e. The highest BCUT2D eigenvalue weighted by atomic mass is 32.2. The van der Waals surface area contributed by atoms with E-state index in [1.54, 1.807) is 13.0 Å². The molecule has 1 atom stereocenters. The fourth-order valence-corrected chi connectivity index (χ4v) is 3.68. The normalized spacial score (nSPS) is 17.4. The molecule has 106 valence electrons. The summed E-state index contributed by atoms with van der Waals surface area (Å²) in [5, 5.41) is 3.49. The van der Waals surface area contributed by atoms with Gasteiger partial charge in [-0.1, -0.05) is 32.0 Å². The maximum Gasteiger partial charge on any atom is 0.178 e. The molecule has 1 aliphatic rings. The van der Waals surface area contributed by atoms with Crippen LogP contribution in [0, 0.1) is 5.92 Å². The Kier molecular flexibility index (Phi) is 4.63. The number of sulfone groups is 1. The molecule has 1 aliphatic carbocycles. The number of nitrogens with one attached hydrogen (secondary N) is 1. The maximum atomic E-state index is 12.1. The summed E-state index contributed by atoms with van der Waals surface area (Å²) in [4.78, 5) is 0.515. The van der Waals surface area contributed by atoms with E-state index in [0.717, 1.165) is 24.4 Å². The topological polar surface area (TPSA) is 46.2 Å². The van der Waals surface area contributed by atoms with Crippen molar-refractivity contribution in [1.29, 1.82) is 0 Å². The first-order chi connectivity index (χ1) is 9.08. The SMILES string of the molecule is CCNC(Cc1ccccc1S(=O)(=O)CC)C1CC1. The fraction of sp³-hybridized carbons (Fsp3) is 0.600. The highest BCUT2D eigenvalue weighted by Gasteiger charge is 2.31. The lowest BCUT2D eigenvalue weighted by Crippen LogP contribution is -2.33. The lowest BCUT2D eigenvalue weighted by Gasteiger charge is -2.19. The van der Waals surface area contributed by atoms with Crippen LogP contribution in [0.15, 0.2) is 29.2 Å². The molecule has 1 unspecified atom stereocenters. The molecule has 0 amide bonds. The molecule has 1 saturated carbocycles. The van der Waals surface area contributed by atoms with Gasteiger partial charge in [-0.15, -0.1) is 0 Å². The van der Waals surface area contributed by atoms with Gasteiger partial charge in [-0.05, 0) is 43.4 Å². The molecule has 1 aromatic rings. The van der Waals surface area contributed by atoms with E-state index in [4.69, 9.17) is 0 Å². The molecule has 4 heteroatoms. The molecule has 0 aromatic heterocycles. The first-order valence-electron chi connectivity index (χ1n) is 7.12. The third-order valence-corrected chi connectivity index (χ3v) is 5.61. The van der Waals surface area contributed by atoms with E-state index >= 15 is 0 Å². The van der Waals surface area contributed by atoms with Crippen LogP contribution in [0.3, 0.4) is 0 Å². The van der Waals surface area contributed by atoms with Crippen LogP contribution in [0.4, 0.5) is 0 Å². The minimum atomic E-state index is -3.12. The van der Waals surface area contributed by atoms with Crippen LogP contribution >= 0.6 is 0 Å². The maximum absolute atomic E-state index is 12.1. The quantitative estimate of drug-likeness (QED) is 0.835. The van der Waals surface area contributed by atoms with Gasteiger partial charge in [-0.3, -0.25) is 0 Å². The van der Waals surface area contributed by atoms with E-state index in [9.17, 15) is 8.42 Å². The van der Waals surface area contributed by atoms with Crippen LogP contribution in [-0.4, -0.2) is 26.8 Å². The van der Waals surface area contributed by atoms with Crippen molar-refractivity contribution in [3.05, 3.63) is 29.8 Å². The van der Waals surface area contributed by atoms with Gasteiger partial charge in [0.05, 0.1) is 10.6 Å². The van der Waals surface area contributed by atoms with Crippen molar-refractivity contribution in [2.24, 2.45) is 5.92 Å². The van der Waals surface area contributed by atoms with Gasteiger partial charge in [0.2, 0.25) is 0 Å². The summed E-state index contributed by atoms with van der Waals surface area (Å²) in [6.07, 6.45) is 3.34. The molecule has 0 spiro atoms. The summed E-state index contributed by atoms with van der Waals surface area (Å²) in [6.45, 7) is 4.74. The Balaban J connectivity index is 2.24. The van der Waals surface area contributed by atoms with Crippen molar-refractivity contribution < 1.29 is 8.42 Å². The van der Waals surface area contributed by atoms with Crippen LogP contribution in [0.25, 0.3) is 0 Å². The number of hydrogen-bond donors (Lipinski definition) is 1. The summed E-state index contributed by atoms with van der Waals surface area (Å²) in [5.41, 5.74) is 0.960. The number of likely N-dealkylation sites (N-methyl/N-ethyl adjacent to an activating group) is 1. The van der Waals surface area contributed by atoms with E-state index in [0.29, 0.717) is 10.9 Å². The van der Waals surface area contributed by atoms with Crippen molar-refractivity contribution in [3.63, 3.8) is 0 Å². The third kappa shape index (κ3) is 3.57. The average Bonchev–Trinajstić information content (AvgIpc) is 3.23. The van der Waals surface area contributed by atoms with Crippen LogP contribution in [-0.2, 0) is 16.3 Å². The Morgan fingerprint density at radius 2 is 1.95 bits per heavy atom. The molecule has 19 heavy (non-hydrogen) atoms. The largest absolute Gasteiger partial charge is 0.314 e. The lowest BCUT2D eigenvalue weighted by atomic mass is 10.0. The van der Waals surface area contributed by atoms with E-state index in [-0.39, 0.29) is 5.75 Å². The molecule has 1 aromatic carbocycles. The van der Waals surface area contributed by atoms with Gasteiger partial charge >= 0.3 is 0 Å². The fourth-order valence-electron chi connectivity index (χ4n) is 2.53. The van der Waals surface area contributed by atoms with Crippen molar-refractivity contribution in [3.8, 4) is 0 Å². The van der Waals surface area contributed by atoms with E-state index in [2.05, 4.69) is 12.2 Å². The third-order valence-electron chi connectivity index (χ3n) is 3.78. The van der Waals surface area contributed by atoms with Crippen LogP contribution in [0.5, 0.6) is 0 Å². The first-order valence-corrected chi connectivity index (χ1v) is 8.77. The van der Waals surface area contributed by atoms with E-state index < -0.39 is 9.84 Å². The predicted octanol–water partition coefficient (Wildman–Crippen LogP) is 2.41. The second-order valence-electron chi connectivity index (χ2n) is 5.22. The predicted molar refractivity (Wildman–Crippen MR) is 78.1 cm³/mol. The van der Waals surface area contributed by atoms with Crippen molar-refractivity contribution in [2.75, 3.05) is 12.3 Å². The summed E-state index contributed by atoms with van der Waals surface area (Å²) >= 11 is 0. The van der Waals surface area contributed by atoms with Gasteiger partial charge < -0.3 is 5.32 Å². The van der Waals surface area contributed by atoms with Crippen LogP contribution in [0.2, 0.25) is 0 Å². The lowest BCUT2D eigenvalue weighted by molar-refractivity contribution is 0.469. The van der Waals surface area contributed by atoms with Gasteiger partial charge in [0, 0.05) is 6.04 Å². The van der Waals surface area contributed by atoms with E-state index in [1.807, 2.05) is 18.2 Å². The molecular weight excluding hydrogens is 258 g/mol. The Morgan fingerprint density at radius 3 is 2.53 bits per heavy atom. The van der Waals surface area contributed by atoms with Crippen LogP contribution in [0.1, 0.15) is 32.3 Å². The van der Waals surface area contributed by atoms with Gasteiger partial charge in [-0.2, -0.15) is 0 Å². The van der Waals surface area contributed by atoms with Crippen molar-refractivity contribution in [1.82, 2.24) is 5.32 Å². The Morgan fingerprint density at radius 1 is 1.26 bits per heavy atom. The number of benzene rings is 1. The molecule has 0 aliphatic heterocycles. The van der Waals surface area contributed by atoms with Crippen LogP contribution < -0.4 is 5.32 Å². The van der Waals surface area contributed by atoms with E-state index in [1.165, 1.54) is 12.8 Å². The van der Waals surface area contributed by atoms with Crippen molar-refractivity contribution >= 4 is 9.84 Å². The van der Waals surface area contributed by atoms with Crippen molar-refractivity contribution in [2.45, 2.75) is 44.0 Å². The van der Waals surface area contributed by atoms with Gasteiger partial charge in [-0.25, -0.2) is 8.42 Å². The van der Waals surface area contributed by atoms with Gasteiger partial charge in [0.15, 0.2) is 9.84 Å². The summed E-state index contributed by atoms with van der Waals surface area (Å²) in [6, 6.07) is 7.85. The molecule has 3 nitrogen and oxygen atoms in total. The van der Waals surface area contributed by atoms with Gasteiger partial charge in [0.1, 0.15) is 0 Å². The smallest absolute Gasteiger partial charge is 0.178 e. The monoisotopic (exact) mass is 281 g/mol. The standard InChI is InChI=1S/C15H23NO2S/c1-3-16-14(12-9-10-12)11-13-7-5-6-8-15(13)19(17,18)4-2/h5-8,12,14,16H,3-4,9-11H2,1-2H3. The Labute approximate surface area is 116 Å². The second kappa shape index (κ2) is 6.06. The molecule has 0 radical (unpaired) electrons. The molecule has 2 rings (SSSR count). The molecule has 0 saturated heterocycles. The molecule has 1 N–H and O–H groups in total. The number of hydrogen-bond acceptors (Lipinski definition) is 3. The zero-order valence-corrected chi connectivity index (χ0v) is 12.5. The molecule has 1 fully saturated rings. The Hall–Kier alpha value is -0.870.